The van der Waals surface area contributed by atoms with Crippen molar-refractivity contribution in [3.8, 4) is 0 Å². The highest BCUT2D eigenvalue weighted by molar-refractivity contribution is 5.74. The lowest BCUT2D eigenvalue weighted by atomic mass is 10.2. The zero-order valence-corrected chi connectivity index (χ0v) is 15.5. The van der Waals surface area contributed by atoms with E-state index in [1.807, 2.05) is 23.4 Å². The predicted octanol–water partition coefficient (Wildman–Crippen LogP) is 1.30. The lowest BCUT2D eigenvalue weighted by Gasteiger charge is -2.23. The van der Waals surface area contributed by atoms with Crippen molar-refractivity contribution in [2.45, 2.75) is 39.4 Å². The maximum Gasteiger partial charge on any atom is 0.317 e. The monoisotopic (exact) mass is 347 g/mol. The zero-order chi connectivity index (χ0) is 17.8. The van der Waals surface area contributed by atoms with E-state index in [2.05, 4.69) is 27.5 Å². The summed E-state index contributed by atoms with van der Waals surface area (Å²) < 4.78 is 7.07. The van der Waals surface area contributed by atoms with Gasteiger partial charge in [-0.3, -0.25) is 9.58 Å². The fourth-order valence-electron chi connectivity index (χ4n) is 3.68. The minimum atomic E-state index is 0.0260. The second-order valence-corrected chi connectivity index (χ2v) is 6.84. The summed E-state index contributed by atoms with van der Waals surface area (Å²) in [5, 5.41) is 7.62. The molecular formula is C18H29N5O2. The lowest BCUT2D eigenvalue weighted by Crippen LogP contribution is -2.41. The largest absolute Gasteiger partial charge is 0.383 e. The summed E-state index contributed by atoms with van der Waals surface area (Å²) in [6, 6.07) is 0.513. The van der Waals surface area contributed by atoms with Gasteiger partial charge in [-0.25, -0.2) is 4.79 Å². The number of amides is 2. The molecule has 7 heteroatoms. The van der Waals surface area contributed by atoms with Crippen LogP contribution in [0.2, 0.25) is 0 Å². The molecule has 0 spiro atoms. The van der Waals surface area contributed by atoms with Gasteiger partial charge in [-0.05, 0) is 20.3 Å². The van der Waals surface area contributed by atoms with Crippen LogP contribution in [0.3, 0.4) is 0 Å². The molecule has 0 aromatic carbocycles. The van der Waals surface area contributed by atoms with Crippen LogP contribution in [0.5, 0.6) is 0 Å². The Labute approximate surface area is 149 Å². The Morgan fingerprint density at radius 2 is 2.12 bits per heavy atom. The van der Waals surface area contributed by atoms with Crippen molar-refractivity contribution in [1.82, 2.24) is 24.9 Å². The highest BCUT2D eigenvalue weighted by Gasteiger charge is 2.30. The molecule has 0 aliphatic carbocycles. The average Bonchev–Trinajstić information content (AvgIpc) is 3.32. The molecule has 1 aromatic rings. The van der Waals surface area contributed by atoms with Gasteiger partial charge in [0.2, 0.25) is 0 Å². The van der Waals surface area contributed by atoms with Gasteiger partial charge in [0.1, 0.15) is 0 Å². The minimum absolute atomic E-state index is 0.0260. The zero-order valence-electron chi connectivity index (χ0n) is 15.5. The summed E-state index contributed by atoms with van der Waals surface area (Å²) in [7, 11) is 1.69. The smallest absolute Gasteiger partial charge is 0.317 e. The molecule has 1 fully saturated rings. The molecule has 0 saturated carbocycles. The fraction of sp³-hybridized carbons (Fsp3) is 0.667. The SMILES string of the molecule is COCCn1nc(C)c(CNC(=O)N2CC[C@@H](N3CC=CC3)C2)c1C. The Balaban J connectivity index is 1.51. The Bertz CT molecular complexity index is 632. The highest BCUT2D eigenvalue weighted by atomic mass is 16.5. The van der Waals surface area contributed by atoms with Crippen molar-refractivity contribution in [1.29, 1.82) is 0 Å². The van der Waals surface area contributed by atoms with Gasteiger partial charge in [-0.15, -0.1) is 0 Å². The van der Waals surface area contributed by atoms with Gasteiger partial charge in [0.15, 0.2) is 0 Å². The van der Waals surface area contributed by atoms with Crippen LogP contribution in [0.25, 0.3) is 0 Å². The van der Waals surface area contributed by atoms with Crippen molar-refractivity contribution in [2.75, 3.05) is 39.9 Å². The third kappa shape index (κ3) is 4.04. The van der Waals surface area contributed by atoms with Gasteiger partial charge >= 0.3 is 6.03 Å². The molecule has 7 nitrogen and oxygen atoms in total. The van der Waals surface area contributed by atoms with E-state index >= 15 is 0 Å². The van der Waals surface area contributed by atoms with Crippen molar-refractivity contribution in [2.24, 2.45) is 0 Å². The van der Waals surface area contributed by atoms with E-state index in [0.717, 1.165) is 56.1 Å². The Kier molecular flexibility index (Phi) is 5.75. The van der Waals surface area contributed by atoms with E-state index in [9.17, 15) is 4.79 Å². The van der Waals surface area contributed by atoms with Crippen LogP contribution in [0.15, 0.2) is 12.2 Å². The number of aromatic nitrogens is 2. The lowest BCUT2D eigenvalue weighted by molar-refractivity contribution is 0.182. The van der Waals surface area contributed by atoms with Crippen LogP contribution in [0, 0.1) is 13.8 Å². The molecule has 25 heavy (non-hydrogen) atoms. The fourth-order valence-corrected chi connectivity index (χ4v) is 3.68. The summed E-state index contributed by atoms with van der Waals surface area (Å²) in [6.07, 6.45) is 5.47. The molecule has 2 amide bonds. The minimum Gasteiger partial charge on any atom is -0.383 e. The molecule has 2 aliphatic rings. The van der Waals surface area contributed by atoms with Gasteiger partial charge in [-0.2, -0.15) is 5.10 Å². The summed E-state index contributed by atoms with van der Waals surface area (Å²) in [5.74, 6) is 0. The van der Waals surface area contributed by atoms with E-state index in [-0.39, 0.29) is 6.03 Å². The van der Waals surface area contributed by atoms with Gasteiger partial charge in [-0.1, -0.05) is 12.2 Å². The molecule has 1 atom stereocenters. The maximum atomic E-state index is 12.5. The number of methoxy groups -OCH3 is 1. The second-order valence-electron chi connectivity index (χ2n) is 6.84. The van der Waals surface area contributed by atoms with Crippen molar-refractivity contribution in [3.05, 3.63) is 29.1 Å². The Morgan fingerprint density at radius 3 is 2.84 bits per heavy atom. The highest BCUT2D eigenvalue weighted by Crippen LogP contribution is 2.18. The molecule has 1 aromatic heterocycles. The van der Waals surface area contributed by atoms with Gasteiger partial charge in [0, 0.05) is 57.1 Å². The first-order valence-electron chi connectivity index (χ1n) is 9.03. The van der Waals surface area contributed by atoms with Crippen molar-refractivity contribution < 1.29 is 9.53 Å². The molecule has 3 rings (SSSR count). The van der Waals surface area contributed by atoms with Crippen LogP contribution in [-0.4, -0.2) is 71.5 Å². The molecule has 138 valence electrons. The van der Waals surface area contributed by atoms with E-state index < -0.39 is 0 Å². The van der Waals surface area contributed by atoms with Crippen molar-refractivity contribution in [3.63, 3.8) is 0 Å². The molecule has 0 bridgehead atoms. The molecule has 0 radical (unpaired) electrons. The van der Waals surface area contributed by atoms with Crippen LogP contribution in [0.4, 0.5) is 4.79 Å². The third-order valence-electron chi connectivity index (χ3n) is 5.27. The molecule has 0 unspecified atom stereocenters. The van der Waals surface area contributed by atoms with E-state index in [1.54, 1.807) is 7.11 Å². The number of carbonyl (C=O) groups is 1. The Morgan fingerprint density at radius 1 is 1.36 bits per heavy atom. The standard InChI is InChI=1S/C18H29N5O2/c1-14-17(15(2)23(20-14)10-11-25-3)12-19-18(24)22-9-6-16(13-22)21-7-4-5-8-21/h4-5,16H,6-13H2,1-3H3,(H,19,24)/t16-/m1/s1. The molecule has 3 heterocycles. The number of aryl methyl sites for hydroxylation is 1. The second kappa shape index (κ2) is 8.01. The van der Waals surface area contributed by atoms with Gasteiger partial charge in [0.05, 0.1) is 18.8 Å². The quantitative estimate of drug-likeness (QED) is 0.788. The normalized spacial score (nSPS) is 20.6. The van der Waals surface area contributed by atoms with Gasteiger partial charge in [0.25, 0.3) is 0 Å². The third-order valence-corrected chi connectivity index (χ3v) is 5.27. The topological polar surface area (TPSA) is 62.6 Å². The molecule has 2 aliphatic heterocycles. The van der Waals surface area contributed by atoms with Crippen LogP contribution in [-0.2, 0) is 17.8 Å². The molecule has 1 saturated heterocycles. The number of nitrogens with zero attached hydrogens (tertiary/aromatic N) is 4. The number of hydrogen-bond acceptors (Lipinski definition) is 4. The van der Waals surface area contributed by atoms with E-state index in [0.29, 0.717) is 19.2 Å². The summed E-state index contributed by atoms with van der Waals surface area (Å²) in [6.45, 7) is 9.60. The summed E-state index contributed by atoms with van der Waals surface area (Å²) in [5.41, 5.74) is 3.16. The van der Waals surface area contributed by atoms with Crippen LogP contribution < -0.4 is 5.32 Å². The summed E-state index contributed by atoms with van der Waals surface area (Å²) >= 11 is 0. The maximum absolute atomic E-state index is 12.5. The number of carbonyl (C=O) groups excluding carboxylic acids is 1. The number of ether oxygens (including phenoxy) is 1. The van der Waals surface area contributed by atoms with Crippen molar-refractivity contribution >= 4 is 6.03 Å². The number of nitrogens with one attached hydrogen (secondary N) is 1. The first-order chi connectivity index (χ1) is 12.1. The van der Waals surface area contributed by atoms with Gasteiger partial charge < -0.3 is 15.0 Å². The number of hydrogen-bond donors (Lipinski definition) is 1. The molecular weight excluding hydrogens is 318 g/mol. The van der Waals surface area contributed by atoms with E-state index in [1.165, 1.54) is 0 Å². The Hall–Kier alpha value is -1.86. The predicted molar refractivity (Wildman–Crippen MR) is 96.5 cm³/mol. The van der Waals surface area contributed by atoms with Crippen LogP contribution in [0.1, 0.15) is 23.4 Å². The number of rotatable bonds is 6. The van der Waals surface area contributed by atoms with E-state index in [4.69, 9.17) is 4.74 Å². The summed E-state index contributed by atoms with van der Waals surface area (Å²) in [4.78, 5) is 16.9. The number of urea groups is 1. The molecule has 1 N–H and O–H groups in total. The average molecular weight is 347 g/mol. The first-order valence-corrected chi connectivity index (χ1v) is 9.03. The van der Waals surface area contributed by atoms with Crippen LogP contribution >= 0.6 is 0 Å². The first kappa shape index (κ1) is 17.9. The number of likely N-dealkylation sites (tertiary alicyclic amines) is 1.